The van der Waals surface area contributed by atoms with Crippen molar-refractivity contribution in [3.8, 4) is 11.5 Å². The van der Waals surface area contributed by atoms with Gasteiger partial charge < -0.3 is 25.5 Å². The van der Waals surface area contributed by atoms with E-state index in [0.717, 1.165) is 13.0 Å². The zero-order chi connectivity index (χ0) is 19.7. The van der Waals surface area contributed by atoms with Crippen molar-refractivity contribution in [1.82, 2.24) is 0 Å². The molecule has 0 heterocycles. The third-order valence-electron chi connectivity index (χ3n) is 5.63. The second-order valence-corrected chi connectivity index (χ2v) is 7.19. The Bertz CT molecular complexity index is 1040. The van der Waals surface area contributed by atoms with Gasteiger partial charge in [0.2, 0.25) is 5.78 Å². The number of aliphatic hydroxyl groups excluding tert-OH is 2. The van der Waals surface area contributed by atoms with Gasteiger partial charge in [-0.2, -0.15) is 0 Å². The Morgan fingerprint density at radius 2 is 1.93 bits per heavy atom. The Labute approximate surface area is 153 Å². The van der Waals surface area contributed by atoms with Crippen LogP contribution in [0, 0.1) is 5.92 Å². The lowest BCUT2D eigenvalue weighted by Crippen LogP contribution is -2.59. The summed E-state index contributed by atoms with van der Waals surface area (Å²) in [6.07, 6.45) is -2.06. The molecule has 2 aliphatic carbocycles. The lowest BCUT2D eigenvalue weighted by Gasteiger charge is -2.45. The number of carbonyl (C=O) groups excluding carboxylic acids is 2. The molecular formula is C20H18O7. The van der Waals surface area contributed by atoms with Gasteiger partial charge in [-0.05, 0) is 36.4 Å². The summed E-state index contributed by atoms with van der Waals surface area (Å²) in [4.78, 5) is 24.9. The largest absolute Gasteiger partial charge is 0.507 e. The van der Waals surface area contributed by atoms with E-state index in [4.69, 9.17) is 0 Å². The number of benzene rings is 2. The van der Waals surface area contributed by atoms with Crippen molar-refractivity contribution in [2.75, 3.05) is 0 Å². The average Bonchev–Trinajstić information content (AvgIpc) is 2.60. The number of hydrogen-bond donors (Lipinski definition) is 5. The molecule has 5 N–H and O–H groups in total. The number of aliphatic hydroxyl groups is 3. The van der Waals surface area contributed by atoms with Gasteiger partial charge in [-0.3, -0.25) is 9.59 Å². The second kappa shape index (κ2) is 5.63. The van der Waals surface area contributed by atoms with Crippen LogP contribution in [0.4, 0.5) is 0 Å². The van der Waals surface area contributed by atoms with Crippen molar-refractivity contribution in [3.63, 3.8) is 0 Å². The molecule has 2 aromatic carbocycles. The fourth-order valence-corrected chi connectivity index (χ4v) is 4.24. The molecule has 0 saturated carbocycles. The number of carbonyl (C=O) groups is 2. The molecule has 7 nitrogen and oxygen atoms in total. The number of Topliss-reactive ketones (excluding diaryl/α,β-unsaturated/α-hetero) is 2. The first-order valence-corrected chi connectivity index (χ1v) is 8.50. The van der Waals surface area contributed by atoms with E-state index < -0.39 is 41.0 Å². The highest BCUT2D eigenvalue weighted by atomic mass is 16.3. The molecule has 0 saturated heterocycles. The van der Waals surface area contributed by atoms with E-state index in [9.17, 15) is 35.1 Å². The van der Waals surface area contributed by atoms with Crippen LogP contribution < -0.4 is 0 Å². The number of rotatable bonds is 1. The van der Waals surface area contributed by atoms with Crippen molar-refractivity contribution >= 4 is 22.3 Å². The molecule has 4 atom stereocenters. The van der Waals surface area contributed by atoms with Crippen LogP contribution in [0.2, 0.25) is 0 Å². The van der Waals surface area contributed by atoms with Gasteiger partial charge in [0.25, 0.3) is 0 Å². The molecule has 2 aliphatic rings. The fraction of sp³-hybridized carbons (Fsp3) is 0.300. The molecule has 0 spiro atoms. The van der Waals surface area contributed by atoms with Gasteiger partial charge in [0, 0.05) is 11.5 Å². The van der Waals surface area contributed by atoms with Gasteiger partial charge in [0.1, 0.15) is 17.6 Å². The number of ketones is 2. The fourth-order valence-electron chi connectivity index (χ4n) is 4.24. The highest BCUT2D eigenvalue weighted by molar-refractivity contribution is 6.14. The normalized spacial score (nSPS) is 29.9. The molecule has 0 unspecified atom stereocenters. The Kier molecular flexibility index (Phi) is 3.68. The molecule has 4 rings (SSSR count). The van der Waals surface area contributed by atoms with E-state index in [0.29, 0.717) is 10.9 Å². The van der Waals surface area contributed by atoms with Crippen LogP contribution in [-0.2, 0) is 11.2 Å². The summed E-state index contributed by atoms with van der Waals surface area (Å²) in [6.45, 7) is 1.16. The van der Waals surface area contributed by atoms with Crippen LogP contribution in [0.1, 0.15) is 22.8 Å². The summed E-state index contributed by atoms with van der Waals surface area (Å²) < 4.78 is 0. The van der Waals surface area contributed by atoms with Crippen molar-refractivity contribution < 1.29 is 35.1 Å². The standard InChI is InChI=1S/C20H18O7/c1-8(21)11-7-20(27)12(17(24)16(11)23)6-10-5-9-3-2-4-13(22)14(9)18(25)15(10)19(20)26/h2-5,7,12,16-17,22-25,27H,6H2,1H3/t12-,16+,17-,20-/m1/s1. The minimum atomic E-state index is -2.25. The molecule has 0 aromatic heterocycles. The Morgan fingerprint density at radius 1 is 1.22 bits per heavy atom. The predicted molar refractivity (Wildman–Crippen MR) is 94.5 cm³/mol. The van der Waals surface area contributed by atoms with Crippen LogP contribution in [0.15, 0.2) is 35.9 Å². The van der Waals surface area contributed by atoms with Crippen LogP contribution in [0.3, 0.4) is 0 Å². The van der Waals surface area contributed by atoms with E-state index in [-0.39, 0.29) is 28.7 Å². The molecule has 7 heteroatoms. The lowest BCUT2D eigenvalue weighted by molar-refractivity contribution is -0.119. The number of phenols is 2. The van der Waals surface area contributed by atoms with Crippen LogP contribution >= 0.6 is 0 Å². The topological polar surface area (TPSA) is 135 Å². The Balaban J connectivity index is 2.00. The summed E-state index contributed by atoms with van der Waals surface area (Å²) >= 11 is 0. The maximum absolute atomic E-state index is 13.1. The lowest BCUT2D eigenvalue weighted by atomic mass is 9.63. The van der Waals surface area contributed by atoms with Gasteiger partial charge in [-0.1, -0.05) is 18.2 Å². The summed E-state index contributed by atoms with van der Waals surface area (Å²) in [5, 5.41) is 53.0. The Morgan fingerprint density at radius 3 is 2.59 bits per heavy atom. The smallest absolute Gasteiger partial charge is 0.202 e. The average molecular weight is 370 g/mol. The van der Waals surface area contributed by atoms with E-state index in [1.165, 1.54) is 6.07 Å². The monoisotopic (exact) mass is 370 g/mol. The molecule has 0 amide bonds. The number of phenolic OH excluding ortho intramolecular Hbond substituents is 2. The first kappa shape index (κ1) is 17.7. The maximum Gasteiger partial charge on any atom is 0.202 e. The SMILES string of the molecule is CC(=O)C1=C[C@]2(O)C(=O)c3c(cc4cccc(O)c4c3O)C[C@@H]2[C@@H](O)[C@H]1O. The molecule has 2 aromatic rings. The minimum Gasteiger partial charge on any atom is -0.507 e. The summed E-state index contributed by atoms with van der Waals surface area (Å²) in [5.74, 6) is -3.22. The first-order valence-electron chi connectivity index (χ1n) is 8.50. The highest BCUT2D eigenvalue weighted by Crippen LogP contribution is 2.47. The number of fused-ring (bicyclic) bond motifs is 3. The van der Waals surface area contributed by atoms with Crippen molar-refractivity contribution in [2.24, 2.45) is 5.92 Å². The van der Waals surface area contributed by atoms with E-state index in [2.05, 4.69) is 0 Å². The molecular weight excluding hydrogens is 352 g/mol. The molecule has 0 bridgehead atoms. The van der Waals surface area contributed by atoms with Crippen LogP contribution in [0.5, 0.6) is 11.5 Å². The van der Waals surface area contributed by atoms with Gasteiger partial charge >= 0.3 is 0 Å². The maximum atomic E-state index is 13.1. The van der Waals surface area contributed by atoms with Gasteiger partial charge in [0.05, 0.1) is 17.1 Å². The number of aromatic hydroxyl groups is 2. The zero-order valence-electron chi connectivity index (χ0n) is 14.4. The second-order valence-electron chi connectivity index (χ2n) is 7.19. The van der Waals surface area contributed by atoms with Crippen molar-refractivity contribution in [3.05, 3.63) is 47.0 Å². The highest BCUT2D eigenvalue weighted by Gasteiger charge is 2.56. The third kappa shape index (κ3) is 2.26. The quantitative estimate of drug-likeness (QED) is 0.496. The number of hydrogen-bond acceptors (Lipinski definition) is 7. The molecule has 0 aliphatic heterocycles. The summed E-state index contributed by atoms with van der Waals surface area (Å²) in [5.41, 5.74) is -2.27. The summed E-state index contributed by atoms with van der Waals surface area (Å²) in [6, 6.07) is 6.21. The Hall–Kier alpha value is -2.74. The minimum absolute atomic E-state index is 0.00333. The molecule has 0 radical (unpaired) electrons. The van der Waals surface area contributed by atoms with Crippen molar-refractivity contribution in [1.29, 1.82) is 0 Å². The molecule has 140 valence electrons. The van der Waals surface area contributed by atoms with E-state index in [1.807, 2.05) is 0 Å². The third-order valence-corrected chi connectivity index (χ3v) is 5.63. The first-order chi connectivity index (χ1) is 12.7. The van der Waals surface area contributed by atoms with E-state index in [1.54, 1.807) is 18.2 Å². The van der Waals surface area contributed by atoms with Crippen molar-refractivity contribution in [2.45, 2.75) is 31.2 Å². The van der Waals surface area contributed by atoms with Gasteiger partial charge in [0.15, 0.2) is 11.4 Å². The van der Waals surface area contributed by atoms with Crippen LogP contribution in [-0.4, -0.2) is 54.9 Å². The summed E-state index contributed by atoms with van der Waals surface area (Å²) in [7, 11) is 0. The molecule has 0 fully saturated rings. The predicted octanol–water partition coefficient (Wildman–Crippen LogP) is 0.588. The van der Waals surface area contributed by atoms with Gasteiger partial charge in [-0.15, -0.1) is 0 Å². The molecule has 27 heavy (non-hydrogen) atoms. The van der Waals surface area contributed by atoms with Crippen LogP contribution in [0.25, 0.3) is 10.8 Å². The van der Waals surface area contributed by atoms with E-state index >= 15 is 0 Å². The van der Waals surface area contributed by atoms with Gasteiger partial charge in [-0.25, -0.2) is 0 Å². The zero-order valence-corrected chi connectivity index (χ0v) is 14.4.